The Labute approximate surface area is 125 Å². The lowest BCUT2D eigenvalue weighted by Crippen LogP contribution is -1.97. The zero-order valence-electron chi connectivity index (χ0n) is 11.4. The third kappa shape index (κ3) is 2.64. The molecule has 1 heterocycles. The summed E-state index contributed by atoms with van der Waals surface area (Å²) in [6, 6.07) is 14.1. The van der Waals surface area contributed by atoms with Gasteiger partial charge in [0.05, 0.1) is 17.0 Å². The first-order valence-corrected chi connectivity index (χ1v) is 7.44. The van der Waals surface area contributed by atoms with Crippen molar-refractivity contribution in [2.45, 2.75) is 12.0 Å². The molecule has 0 amide bonds. The molecule has 0 saturated carbocycles. The van der Waals surface area contributed by atoms with E-state index in [2.05, 4.69) is 5.16 Å². The summed E-state index contributed by atoms with van der Waals surface area (Å²) < 4.78 is 5.30. The molecule has 0 aliphatic carbocycles. The van der Waals surface area contributed by atoms with Crippen molar-refractivity contribution in [3.8, 4) is 11.1 Å². The molecule has 0 fully saturated rings. The number of carboxylic acids is 1. The quantitative estimate of drug-likeness (QED) is 0.738. The Bertz CT molecular complexity index is 805. The molecule has 0 saturated heterocycles. The second-order valence-corrected chi connectivity index (χ2v) is 5.59. The second kappa shape index (κ2) is 5.61. The molecule has 2 aromatic carbocycles. The molecule has 21 heavy (non-hydrogen) atoms. The normalized spacial score (nSPS) is 10.9. The molecular weight excluding hydrogens is 286 g/mol. The maximum Gasteiger partial charge on any atom is 0.313 e. The molecule has 0 spiro atoms. The molecule has 106 valence electrons. The predicted molar refractivity (Wildman–Crippen MR) is 82.5 cm³/mol. The molecule has 3 rings (SSSR count). The van der Waals surface area contributed by atoms with Crippen molar-refractivity contribution in [3.05, 3.63) is 48.2 Å². The van der Waals surface area contributed by atoms with Crippen LogP contribution in [0.5, 0.6) is 0 Å². The van der Waals surface area contributed by atoms with Gasteiger partial charge in [0.15, 0.2) is 0 Å². The Balaban J connectivity index is 2.14. The SMILES string of the molecule is Cc1noc(SCC(=O)O)c1-c1cccc2ccccc12. The summed E-state index contributed by atoms with van der Waals surface area (Å²) in [5, 5.41) is 15.6. The first-order chi connectivity index (χ1) is 10.2. The molecule has 3 aromatic rings. The van der Waals surface area contributed by atoms with Gasteiger partial charge in [0, 0.05) is 0 Å². The van der Waals surface area contributed by atoms with Gasteiger partial charge < -0.3 is 9.63 Å². The number of rotatable bonds is 4. The van der Waals surface area contributed by atoms with Crippen LogP contribution in [0.3, 0.4) is 0 Å². The molecule has 0 bridgehead atoms. The lowest BCUT2D eigenvalue weighted by molar-refractivity contribution is -0.133. The molecule has 0 aliphatic heterocycles. The zero-order chi connectivity index (χ0) is 14.8. The topological polar surface area (TPSA) is 63.3 Å². The van der Waals surface area contributed by atoms with Crippen LogP contribution < -0.4 is 0 Å². The number of aromatic nitrogens is 1. The average molecular weight is 299 g/mol. The summed E-state index contributed by atoms with van der Waals surface area (Å²) in [6.07, 6.45) is 0. The van der Waals surface area contributed by atoms with Crippen LogP contribution >= 0.6 is 11.8 Å². The van der Waals surface area contributed by atoms with Gasteiger partial charge in [-0.2, -0.15) is 0 Å². The fourth-order valence-electron chi connectivity index (χ4n) is 2.32. The third-order valence-corrected chi connectivity index (χ3v) is 4.15. The minimum Gasteiger partial charge on any atom is -0.481 e. The van der Waals surface area contributed by atoms with E-state index in [4.69, 9.17) is 9.63 Å². The minimum absolute atomic E-state index is 0.0492. The summed E-state index contributed by atoms with van der Waals surface area (Å²) in [5.74, 6) is -0.926. The Kier molecular flexibility index (Phi) is 3.66. The Morgan fingerprint density at radius 1 is 1.24 bits per heavy atom. The van der Waals surface area contributed by atoms with Gasteiger partial charge in [0.1, 0.15) is 0 Å². The van der Waals surface area contributed by atoms with Gasteiger partial charge >= 0.3 is 5.97 Å². The monoisotopic (exact) mass is 299 g/mol. The van der Waals surface area contributed by atoms with Crippen molar-refractivity contribution in [1.82, 2.24) is 5.16 Å². The van der Waals surface area contributed by atoms with E-state index in [9.17, 15) is 4.79 Å². The van der Waals surface area contributed by atoms with Gasteiger partial charge in [-0.1, -0.05) is 59.4 Å². The molecule has 0 aliphatic rings. The van der Waals surface area contributed by atoms with E-state index in [-0.39, 0.29) is 5.75 Å². The number of fused-ring (bicyclic) bond motifs is 1. The lowest BCUT2D eigenvalue weighted by Gasteiger charge is -2.06. The first kappa shape index (κ1) is 13.7. The van der Waals surface area contributed by atoms with Gasteiger partial charge in [0.2, 0.25) is 5.09 Å². The highest BCUT2D eigenvalue weighted by atomic mass is 32.2. The van der Waals surface area contributed by atoms with Gasteiger partial charge in [-0.05, 0) is 23.3 Å². The molecule has 0 atom stereocenters. The number of hydrogen-bond acceptors (Lipinski definition) is 4. The summed E-state index contributed by atoms with van der Waals surface area (Å²) in [5.41, 5.74) is 2.65. The highest BCUT2D eigenvalue weighted by Crippen LogP contribution is 2.37. The third-order valence-electron chi connectivity index (χ3n) is 3.22. The Morgan fingerprint density at radius 3 is 2.81 bits per heavy atom. The number of carboxylic acid groups (broad SMARTS) is 1. The van der Waals surface area contributed by atoms with E-state index in [0.717, 1.165) is 39.4 Å². The largest absolute Gasteiger partial charge is 0.481 e. The minimum atomic E-state index is -0.877. The van der Waals surface area contributed by atoms with Crippen LogP contribution in [-0.4, -0.2) is 22.0 Å². The summed E-state index contributed by atoms with van der Waals surface area (Å²) in [4.78, 5) is 10.8. The molecule has 0 unspecified atom stereocenters. The molecule has 4 nitrogen and oxygen atoms in total. The van der Waals surface area contributed by atoms with Crippen LogP contribution in [0.25, 0.3) is 21.9 Å². The second-order valence-electron chi connectivity index (χ2n) is 4.64. The number of benzene rings is 2. The summed E-state index contributed by atoms with van der Waals surface area (Å²) >= 11 is 1.15. The van der Waals surface area contributed by atoms with Crippen molar-refractivity contribution in [2.24, 2.45) is 0 Å². The zero-order valence-corrected chi connectivity index (χ0v) is 12.2. The van der Waals surface area contributed by atoms with Crippen LogP contribution in [0.15, 0.2) is 52.1 Å². The van der Waals surface area contributed by atoms with Crippen molar-refractivity contribution in [2.75, 3.05) is 5.75 Å². The summed E-state index contributed by atoms with van der Waals surface area (Å²) in [7, 11) is 0. The van der Waals surface area contributed by atoms with Gasteiger partial charge in [-0.15, -0.1) is 0 Å². The Hall–Kier alpha value is -2.27. The van der Waals surface area contributed by atoms with E-state index in [1.165, 1.54) is 0 Å². The molecule has 1 N–H and O–H groups in total. The number of aryl methyl sites for hydroxylation is 1. The fraction of sp³-hybridized carbons (Fsp3) is 0.125. The van der Waals surface area contributed by atoms with Crippen molar-refractivity contribution in [3.63, 3.8) is 0 Å². The maximum atomic E-state index is 10.8. The Morgan fingerprint density at radius 2 is 2.00 bits per heavy atom. The molecule has 5 heteroatoms. The first-order valence-electron chi connectivity index (χ1n) is 6.46. The smallest absolute Gasteiger partial charge is 0.313 e. The summed E-state index contributed by atoms with van der Waals surface area (Å²) in [6.45, 7) is 1.87. The van der Waals surface area contributed by atoms with Gasteiger partial charge in [-0.25, -0.2) is 0 Å². The van der Waals surface area contributed by atoms with Crippen molar-refractivity contribution in [1.29, 1.82) is 0 Å². The highest BCUT2D eigenvalue weighted by molar-refractivity contribution is 7.99. The lowest BCUT2D eigenvalue weighted by atomic mass is 9.99. The molecule has 1 aromatic heterocycles. The van der Waals surface area contributed by atoms with Crippen LogP contribution in [0, 0.1) is 6.92 Å². The van der Waals surface area contributed by atoms with Crippen LogP contribution in [-0.2, 0) is 4.79 Å². The number of hydrogen-bond donors (Lipinski definition) is 1. The van der Waals surface area contributed by atoms with Crippen LogP contribution in [0.4, 0.5) is 0 Å². The van der Waals surface area contributed by atoms with Crippen molar-refractivity contribution < 1.29 is 14.4 Å². The van der Waals surface area contributed by atoms with Crippen LogP contribution in [0.2, 0.25) is 0 Å². The average Bonchev–Trinajstić information content (AvgIpc) is 2.85. The molecule has 0 radical (unpaired) electrons. The van der Waals surface area contributed by atoms with E-state index in [0.29, 0.717) is 5.09 Å². The molecular formula is C16H13NO3S. The van der Waals surface area contributed by atoms with Crippen LogP contribution in [0.1, 0.15) is 5.69 Å². The maximum absolute atomic E-state index is 10.8. The van der Waals surface area contributed by atoms with E-state index >= 15 is 0 Å². The number of carbonyl (C=O) groups is 1. The number of aliphatic carboxylic acids is 1. The fourth-order valence-corrected chi connectivity index (χ4v) is 3.07. The van der Waals surface area contributed by atoms with E-state index in [1.807, 2.05) is 49.4 Å². The standard InChI is InChI=1S/C16H13NO3S/c1-10-15(16(20-17-10)21-9-14(18)19)13-8-4-6-11-5-2-3-7-12(11)13/h2-8H,9H2,1H3,(H,18,19). The van der Waals surface area contributed by atoms with E-state index < -0.39 is 5.97 Å². The van der Waals surface area contributed by atoms with Gasteiger partial charge in [-0.3, -0.25) is 4.79 Å². The highest BCUT2D eigenvalue weighted by Gasteiger charge is 2.18. The predicted octanol–water partition coefficient (Wildman–Crippen LogP) is 3.98. The van der Waals surface area contributed by atoms with Crippen molar-refractivity contribution >= 4 is 28.5 Å². The number of nitrogens with zero attached hydrogens (tertiary/aromatic N) is 1. The number of thioether (sulfide) groups is 1. The van der Waals surface area contributed by atoms with E-state index in [1.54, 1.807) is 0 Å². The van der Waals surface area contributed by atoms with Gasteiger partial charge in [0.25, 0.3) is 0 Å².